The lowest BCUT2D eigenvalue weighted by molar-refractivity contribution is -0.130. The largest absolute Gasteiger partial charge is 0.341 e. The molecule has 122 valence electrons. The maximum absolute atomic E-state index is 14.0. The highest BCUT2D eigenvalue weighted by molar-refractivity contribution is 7.92. The van der Waals surface area contributed by atoms with E-state index in [2.05, 4.69) is 0 Å². The van der Waals surface area contributed by atoms with E-state index in [1.54, 1.807) is 4.90 Å². The van der Waals surface area contributed by atoms with Crippen molar-refractivity contribution in [1.82, 2.24) is 4.90 Å². The van der Waals surface area contributed by atoms with E-state index in [-0.39, 0.29) is 16.6 Å². The summed E-state index contributed by atoms with van der Waals surface area (Å²) < 4.78 is 38.7. The van der Waals surface area contributed by atoms with Crippen LogP contribution in [0.25, 0.3) is 0 Å². The number of hydrogen-bond donors (Lipinski definition) is 0. The lowest BCUT2D eigenvalue weighted by Crippen LogP contribution is -2.44. The van der Waals surface area contributed by atoms with Gasteiger partial charge in [0.15, 0.2) is 0 Å². The number of carbonyl (C=O) groups is 1. The van der Waals surface area contributed by atoms with E-state index < -0.39 is 22.4 Å². The van der Waals surface area contributed by atoms with E-state index in [0.717, 1.165) is 35.9 Å². The number of benzene rings is 1. The molecule has 8 heteroatoms. The van der Waals surface area contributed by atoms with Crippen molar-refractivity contribution < 1.29 is 17.6 Å². The van der Waals surface area contributed by atoms with E-state index in [9.17, 15) is 17.6 Å². The van der Waals surface area contributed by atoms with Crippen LogP contribution < -0.4 is 4.31 Å². The quantitative estimate of drug-likeness (QED) is 0.838. The molecule has 22 heavy (non-hydrogen) atoms. The van der Waals surface area contributed by atoms with Crippen LogP contribution in [-0.2, 0) is 14.8 Å². The summed E-state index contributed by atoms with van der Waals surface area (Å²) in [5, 5.41) is 0.164. The molecule has 1 aliphatic rings. The van der Waals surface area contributed by atoms with Crippen LogP contribution in [0.3, 0.4) is 0 Å². The number of sulfonamides is 1. The van der Waals surface area contributed by atoms with Crippen LogP contribution in [0.2, 0.25) is 5.02 Å². The van der Waals surface area contributed by atoms with Crippen LogP contribution in [0, 0.1) is 5.82 Å². The van der Waals surface area contributed by atoms with Crippen molar-refractivity contribution in [3.63, 3.8) is 0 Å². The van der Waals surface area contributed by atoms with Gasteiger partial charge in [0, 0.05) is 18.1 Å². The molecular weight excluding hydrogens is 331 g/mol. The van der Waals surface area contributed by atoms with E-state index in [0.29, 0.717) is 13.1 Å². The predicted molar refractivity (Wildman–Crippen MR) is 84.0 cm³/mol. The first-order valence-electron chi connectivity index (χ1n) is 6.99. The summed E-state index contributed by atoms with van der Waals surface area (Å²) in [7, 11) is -3.78. The van der Waals surface area contributed by atoms with Gasteiger partial charge in [-0.1, -0.05) is 11.6 Å². The summed E-state index contributed by atoms with van der Waals surface area (Å²) in [6, 6.07) is 3.69. The second-order valence-electron chi connectivity index (χ2n) is 5.31. The predicted octanol–water partition coefficient (Wildman–Crippen LogP) is 2.26. The zero-order chi connectivity index (χ0) is 16.3. The van der Waals surface area contributed by atoms with Gasteiger partial charge >= 0.3 is 0 Å². The molecule has 1 saturated heterocycles. The van der Waals surface area contributed by atoms with Crippen LogP contribution in [0.5, 0.6) is 0 Å². The number of amides is 1. The number of rotatable bonds is 4. The van der Waals surface area contributed by atoms with Crippen LogP contribution in [0.15, 0.2) is 18.2 Å². The molecule has 1 amide bonds. The molecule has 0 N–H and O–H groups in total. The van der Waals surface area contributed by atoms with Gasteiger partial charge in [-0.05, 0) is 37.5 Å². The highest BCUT2D eigenvalue weighted by Gasteiger charge is 2.26. The van der Waals surface area contributed by atoms with Gasteiger partial charge in [-0.2, -0.15) is 0 Å². The number of hydrogen-bond acceptors (Lipinski definition) is 3. The zero-order valence-corrected chi connectivity index (χ0v) is 13.8. The molecular formula is C14H18ClFN2O3S. The van der Waals surface area contributed by atoms with Crippen LogP contribution >= 0.6 is 11.6 Å². The molecule has 2 rings (SSSR count). The minimum absolute atomic E-state index is 0.164. The Morgan fingerprint density at radius 3 is 2.50 bits per heavy atom. The van der Waals surface area contributed by atoms with Crippen molar-refractivity contribution in [2.24, 2.45) is 0 Å². The fourth-order valence-corrected chi connectivity index (χ4v) is 3.44. The number of anilines is 1. The Morgan fingerprint density at radius 2 is 1.95 bits per heavy atom. The number of likely N-dealkylation sites (tertiary alicyclic amines) is 1. The Morgan fingerprint density at radius 1 is 1.32 bits per heavy atom. The minimum atomic E-state index is -3.78. The van der Waals surface area contributed by atoms with E-state index in [4.69, 9.17) is 11.6 Å². The lowest BCUT2D eigenvalue weighted by atomic mass is 10.1. The topological polar surface area (TPSA) is 57.7 Å². The normalized spacial score (nSPS) is 15.7. The highest BCUT2D eigenvalue weighted by atomic mass is 35.5. The fraction of sp³-hybridized carbons (Fsp3) is 0.500. The Labute approximate surface area is 134 Å². The Kier molecular flexibility index (Phi) is 5.28. The molecule has 0 spiro atoms. The van der Waals surface area contributed by atoms with Gasteiger partial charge in [-0.3, -0.25) is 9.10 Å². The zero-order valence-electron chi connectivity index (χ0n) is 12.3. The van der Waals surface area contributed by atoms with E-state index in [1.165, 1.54) is 12.1 Å². The maximum atomic E-state index is 14.0. The third-order valence-electron chi connectivity index (χ3n) is 3.57. The number of carbonyl (C=O) groups excluding carboxylic acids is 1. The molecule has 1 aromatic carbocycles. The summed E-state index contributed by atoms with van der Waals surface area (Å²) in [6.07, 6.45) is 3.82. The highest BCUT2D eigenvalue weighted by Crippen LogP contribution is 2.25. The molecule has 0 bridgehead atoms. The molecule has 0 saturated carbocycles. The van der Waals surface area contributed by atoms with Gasteiger partial charge in [-0.15, -0.1) is 0 Å². The summed E-state index contributed by atoms with van der Waals surface area (Å²) in [5.74, 6) is -1.09. The monoisotopic (exact) mass is 348 g/mol. The third kappa shape index (κ3) is 4.10. The molecule has 0 aromatic heterocycles. The summed E-state index contributed by atoms with van der Waals surface area (Å²) in [6.45, 7) is 0.816. The number of halogens is 2. The number of nitrogens with zero attached hydrogens (tertiary/aromatic N) is 2. The standard InChI is InChI=1S/C14H18ClFN2O3S/c1-22(20,21)18(13-6-5-11(15)9-12(13)16)10-14(19)17-7-3-2-4-8-17/h5-6,9H,2-4,7-8,10H2,1H3. The first-order valence-corrected chi connectivity index (χ1v) is 9.22. The SMILES string of the molecule is CS(=O)(=O)N(CC(=O)N1CCCCC1)c1ccc(Cl)cc1F. The minimum Gasteiger partial charge on any atom is -0.341 e. The van der Waals surface area contributed by atoms with Crippen LogP contribution in [0.4, 0.5) is 10.1 Å². The van der Waals surface area contributed by atoms with Gasteiger partial charge in [0.1, 0.15) is 12.4 Å². The van der Waals surface area contributed by atoms with Crippen molar-refractivity contribution in [3.8, 4) is 0 Å². The molecule has 1 fully saturated rings. The second-order valence-corrected chi connectivity index (χ2v) is 7.65. The van der Waals surface area contributed by atoms with Gasteiger partial charge in [0.05, 0.1) is 11.9 Å². The number of piperidine rings is 1. The van der Waals surface area contributed by atoms with Gasteiger partial charge in [-0.25, -0.2) is 12.8 Å². The first kappa shape index (κ1) is 17.0. The molecule has 5 nitrogen and oxygen atoms in total. The lowest BCUT2D eigenvalue weighted by Gasteiger charge is -2.30. The van der Waals surface area contributed by atoms with E-state index in [1.807, 2.05) is 0 Å². The Balaban J connectivity index is 2.25. The smallest absolute Gasteiger partial charge is 0.243 e. The summed E-state index contributed by atoms with van der Waals surface area (Å²) in [4.78, 5) is 13.9. The van der Waals surface area contributed by atoms with Gasteiger partial charge in [0.25, 0.3) is 0 Å². The summed E-state index contributed by atoms with van der Waals surface area (Å²) >= 11 is 5.68. The maximum Gasteiger partial charge on any atom is 0.243 e. The molecule has 0 unspecified atom stereocenters. The van der Waals surface area contributed by atoms with Gasteiger partial charge in [0.2, 0.25) is 15.9 Å². The van der Waals surface area contributed by atoms with Crippen molar-refractivity contribution in [2.75, 3.05) is 30.2 Å². The Bertz CT molecular complexity index is 660. The first-order chi connectivity index (χ1) is 10.3. The van der Waals surface area contributed by atoms with Crippen molar-refractivity contribution in [2.45, 2.75) is 19.3 Å². The molecule has 1 aliphatic heterocycles. The van der Waals surface area contributed by atoms with Crippen molar-refractivity contribution in [1.29, 1.82) is 0 Å². The van der Waals surface area contributed by atoms with Crippen molar-refractivity contribution >= 4 is 33.2 Å². The Hall–Kier alpha value is -1.34. The molecule has 0 aliphatic carbocycles. The average molecular weight is 349 g/mol. The molecule has 0 atom stereocenters. The average Bonchev–Trinajstić information content (AvgIpc) is 2.45. The van der Waals surface area contributed by atoms with Crippen LogP contribution in [0.1, 0.15) is 19.3 Å². The molecule has 1 aromatic rings. The van der Waals surface area contributed by atoms with Gasteiger partial charge < -0.3 is 4.90 Å². The molecule has 0 radical (unpaired) electrons. The van der Waals surface area contributed by atoms with E-state index >= 15 is 0 Å². The summed E-state index contributed by atoms with van der Waals surface area (Å²) in [5.41, 5.74) is -0.169. The second kappa shape index (κ2) is 6.83. The third-order valence-corrected chi connectivity index (χ3v) is 4.93. The fourth-order valence-electron chi connectivity index (χ4n) is 2.43. The van der Waals surface area contributed by atoms with Crippen molar-refractivity contribution in [3.05, 3.63) is 29.0 Å². The molecule has 1 heterocycles. The van der Waals surface area contributed by atoms with Crippen LogP contribution in [-0.4, -0.2) is 45.1 Å².